The minimum Gasteiger partial charge on any atom is -0.475 e. The maximum Gasteiger partial charge on any atom is 0.219 e. The van der Waals surface area contributed by atoms with Crippen molar-refractivity contribution in [3.8, 4) is 5.88 Å². The van der Waals surface area contributed by atoms with E-state index in [4.69, 9.17) is 4.74 Å². The molecule has 1 saturated heterocycles. The molecule has 1 aromatic heterocycles. The van der Waals surface area contributed by atoms with Gasteiger partial charge in [-0.05, 0) is 39.2 Å². The lowest BCUT2D eigenvalue weighted by molar-refractivity contribution is -0.132. The molecule has 1 unspecified atom stereocenters. The summed E-state index contributed by atoms with van der Waals surface area (Å²) in [7, 11) is 0. The van der Waals surface area contributed by atoms with Crippen LogP contribution >= 0.6 is 0 Å². The molecule has 0 saturated carbocycles. The van der Waals surface area contributed by atoms with Crippen LogP contribution in [0, 0.1) is 0 Å². The smallest absolute Gasteiger partial charge is 0.219 e. The summed E-state index contributed by atoms with van der Waals surface area (Å²) in [6.45, 7) is 6.44. The molecule has 0 aliphatic carbocycles. The van der Waals surface area contributed by atoms with Crippen LogP contribution in [0.1, 0.15) is 51.6 Å². The summed E-state index contributed by atoms with van der Waals surface area (Å²) >= 11 is 0. The molecule has 0 N–H and O–H groups in total. The summed E-state index contributed by atoms with van der Waals surface area (Å²) in [5, 5.41) is 0. The van der Waals surface area contributed by atoms with Gasteiger partial charge in [-0.25, -0.2) is 4.98 Å². The first kappa shape index (κ1) is 13.8. The van der Waals surface area contributed by atoms with Crippen LogP contribution in [0.4, 0.5) is 0 Å². The fourth-order valence-corrected chi connectivity index (χ4v) is 2.61. The highest BCUT2D eigenvalue weighted by molar-refractivity contribution is 5.74. The molecule has 2 heterocycles. The van der Waals surface area contributed by atoms with Gasteiger partial charge in [-0.1, -0.05) is 6.07 Å². The van der Waals surface area contributed by atoms with Crippen LogP contribution in [-0.2, 0) is 4.79 Å². The number of ether oxygens (including phenoxy) is 1. The number of carbonyl (C=O) groups is 1. The predicted molar refractivity (Wildman–Crippen MR) is 74.0 cm³/mol. The molecule has 104 valence electrons. The van der Waals surface area contributed by atoms with Gasteiger partial charge in [0.15, 0.2) is 0 Å². The van der Waals surface area contributed by atoms with E-state index in [0.29, 0.717) is 5.88 Å². The Balaban J connectivity index is 2.30. The van der Waals surface area contributed by atoms with Gasteiger partial charge in [0.2, 0.25) is 11.8 Å². The van der Waals surface area contributed by atoms with Crippen molar-refractivity contribution in [2.75, 3.05) is 6.54 Å². The largest absolute Gasteiger partial charge is 0.475 e. The highest BCUT2D eigenvalue weighted by Gasteiger charge is 2.28. The van der Waals surface area contributed by atoms with Gasteiger partial charge in [-0.2, -0.15) is 0 Å². The summed E-state index contributed by atoms with van der Waals surface area (Å²) in [5.41, 5.74) is 1.03. The number of likely N-dealkylation sites (tertiary alicyclic amines) is 1. The van der Waals surface area contributed by atoms with E-state index in [-0.39, 0.29) is 18.1 Å². The number of piperidine rings is 1. The van der Waals surface area contributed by atoms with E-state index in [2.05, 4.69) is 4.98 Å². The lowest BCUT2D eigenvalue weighted by Crippen LogP contribution is -2.37. The van der Waals surface area contributed by atoms with Crippen molar-refractivity contribution in [3.63, 3.8) is 0 Å². The van der Waals surface area contributed by atoms with Gasteiger partial charge < -0.3 is 9.64 Å². The molecule has 2 rings (SSSR count). The number of pyridine rings is 1. The van der Waals surface area contributed by atoms with Crippen molar-refractivity contribution in [2.24, 2.45) is 0 Å². The van der Waals surface area contributed by atoms with Gasteiger partial charge >= 0.3 is 0 Å². The first-order valence-corrected chi connectivity index (χ1v) is 6.98. The molecule has 0 bridgehead atoms. The zero-order valence-corrected chi connectivity index (χ0v) is 11.9. The van der Waals surface area contributed by atoms with Crippen molar-refractivity contribution >= 4 is 5.91 Å². The Kier molecular flexibility index (Phi) is 4.40. The van der Waals surface area contributed by atoms with E-state index in [1.807, 2.05) is 30.9 Å². The van der Waals surface area contributed by atoms with E-state index in [0.717, 1.165) is 31.4 Å². The molecule has 1 aromatic rings. The third-order valence-corrected chi connectivity index (χ3v) is 3.41. The minimum absolute atomic E-state index is 0.0861. The molecule has 1 aliphatic heterocycles. The van der Waals surface area contributed by atoms with Crippen LogP contribution in [0.3, 0.4) is 0 Å². The molecule has 4 heteroatoms. The molecule has 1 aliphatic rings. The molecule has 1 amide bonds. The average Bonchev–Trinajstić information content (AvgIpc) is 2.38. The molecule has 0 aromatic carbocycles. The third kappa shape index (κ3) is 3.25. The van der Waals surface area contributed by atoms with Crippen LogP contribution in [0.15, 0.2) is 18.3 Å². The SMILES string of the molecule is CC(=O)N1CCCCC1c1cccnc1OC(C)C. The Labute approximate surface area is 114 Å². The number of carbonyl (C=O) groups excluding carboxylic acids is 1. The van der Waals surface area contributed by atoms with Gasteiger partial charge in [-0.15, -0.1) is 0 Å². The molecule has 0 radical (unpaired) electrons. The normalized spacial score (nSPS) is 19.6. The fraction of sp³-hybridized carbons (Fsp3) is 0.600. The Morgan fingerprint density at radius 1 is 1.47 bits per heavy atom. The van der Waals surface area contributed by atoms with Gasteiger partial charge in [0.1, 0.15) is 0 Å². The zero-order chi connectivity index (χ0) is 13.8. The quantitative estimate of drug-likeness (QED) is 0.841. The average molecular weight is 262 g/mol. The van der Waals surface area contributed by atoms with Crippen molar-refractivity contribution < 1.29 is 9.53 Å². The topological polar surface area (TPSA) is 42.4 Å². The van der Waals surface area contributed by atoms with Crippen LogP contribution < -0.4 is 4.74 Å². The first-order chi connectivity index (χ1) is 9.09. The fourth-order valence-electron chi connectivity index (χ4n) is 2.61. The lowest BCUT2D eigenvalue weighted by atomic mass is 9.96. The third-order valence-electron chi connectivity index (χ3n) is 3.41. The summed E-state index contributed by atoms with van der Waals surface area (Å²) < 4.78 is 5.78. The summed E-state index contributed by atoms with van der Waals surface area (Å²) in [6.07, 6.45) is 5.03. The van der Waals surface area contributed by atoms with E-state index in [9.17, 15) is 4.79 Å². The van der Waals surface area contributed by atoms with Crippen molar-refractivity contribution in [3.05, 3.63) is 23.9 Å². The molecule has 1 atom stereocenters. The maximum absolute atomic E-state index is 11.8. The lowest BCUT2D eigenvalue weighted by Gasteiger charge is -2.35. The maximum atomic E-state index is 11.8. The Morgan fingerprint density at radius 2 is 2.26 bits per heavy atom. The molecule has 19 heavy (non-hydrogen) atoms. The second-order valence-electron chi connectivity index (χ2n) is 5.29. The van der Waals surface area contributed by atoms with Gasteiger partial charge in [-0.3, -0.25) is 4.79 Å². The first-order valence-electron chi connectivity index (χ1n) is 6.98. The molecular weight excluding hydrogens is 240 g/mol. The van der Waals surface area contributed by atoms with Gasteiger partial charge in [0, 0.05) is 25.2 Å². The highest BCUT2D eigenvalue weighted by Crippen LogP contribution is 2.35. The number of hydrogen-bond acceptors (Lipinski definition) is 3. The van der Waals surface area contributed by atoms with Crippen molar-refractivity contribution in [2.45, 2.75) is 52.2 Å². The van der Waals surface area contributed by atoms with E-state index in [1.165, 1.54) is 0 Å². The van der Waals surface area contributed by atoms with Gasteiger partial charge in [0.05, 0.1) is 12.1 Å². The number of amides is 1. The van der Waals surface area contributed by atoms with Crippen molar-refractivity contribution in [1.82, 2.24) is 9.88 Å². The molecular formula is C15H22N2O2. The standard InChI is InChI=1S/C15H22N2O2/c1-11(2)19-15-13(7-6-9-16-15)14-8-4-5-10-17(14)12(3)18/h6-7,9,11,14H,4-5,8,10H2,1-3H3. The molecule has 0 spiro atoms. The van der Waals surface area contributed by atoms with E-state index in [1.54, 1.807) is 13.1 Å². The number of hydrogen-bond donors (Lipinski definition) is 0. The Bertz CT molecular complexity index is 446. The molecule has 1 fully saturated rings. The van der Waals surface area contributed by atoms with Crippen LogP contribution in [0.25, 0.3) is 0 Å². The van der Waals surface area contributed by atoms with Gasteiger partial charge in [0.25, 0.3) is 0 Å². The van der Waals surface area contributed by atoms with Crippen molar-refractivity contribution in [1.29, 1.82) is 0 Å². The number of rotatable bonds is 3. The Morgan fingerprint density at radius 3 is 2.95 bits per heavy atom. The predicted octanol–water partition coefficient (Wildman–Crippen LogP) is 2.94. The second kappa shape index (κ2) is 6.04. The summed E-state index contributed by atoms with van der Waals surface area (Å²) in [4.78, 5) is 18.0. The van der Waals surface area contributed by atoms with Crippen LogP contribution in [-0.4, -0.2) is 28.4 Å². The van der Waals surface area contributed by atoms with E-state index >= 15 is 0 Å². The van der Waals surface area contributed by atoms with Crippen LogP contribution in [0.2, 0.25) is 0 Å². The summed E-state index contributed by atoms with van der Waals surface area (Å²) in [6, 6.07) is 4.04. The second-order valence-corrected chi connectivity index (χ2v) is 5.29. The van der Waals surface area contributed by atoms with E-state index < -0.39 is 0 Å². The zero-order valence-electron chi connectivity index (χ0n) is 11.9. The highest BCUT2D eigenvalue weighted by atomic mass is 16.5. The Hall–Kier alpha value is -1.58. The molecule has 4 nitrogen and oxygen atoms in total. The monoisotopic (exact) mass is 262 g/mol. The summed E-state index contributed by atoms with van der Waals surface area (Å²) in [5.74, 6) is 0.791. The number of nitrogens with zero attached hydrogens (tertiary/aromatic N) is 2. The number of aromatic nitrogens is 1. The minimum atomic E-state index is 0.0861. The van der Waals surface area contributed by atoms with Crippen LogP contribution in [0.5, 0.6) is 5.88 Å².